The van der Waals surface area contributed by atoms with Crippen molar-refractivity contribution in [1.82, 2.24) is 4.98 Å². The van der Waals surface area contributed by atoms with Gasteiger partial charge in [-0.2, -0.15) is 0 Å². The molecule has 0 radical (unpaired) electrons. The number of hydrogen-bond acceptors (Lipinski definition) is 3. The summed E-state index contributed by atoms with van der Waals surface area (Å²) in [4.78, 5) is 17.0. The van der Waals surface area contributed by atoms with Crippen LogP contribution < -0.4 is 10.6 Å². The van der Waals surface area contributed by atoms with Crippen LogP contribution in [0, 0.1) is 18.8 Å². The number of piperidine rings is 1. The third-order valence-electron chi connectivity index (χ3n) is 7.94. The number of carbonyl (C=O) groups excluding carboxylic acids is 1. The number of nitrogens with two attached hydrogens (primary N) is 1. The molecule has 1 amide bonds. The summed E-state index contributed by atoms with van der Waals surface area (Å²) < 4.78 is 6.40. The number of benzene rings is 2. The molecule has 3 aromatic rings. The van der Waals surface area contributed by atoms with Gasteiger partial charge in [-0.25, -0.2) is 4.98 Å². The first-order valence-corrected chi connectivity index (χ1v) is 14.6. The number of amides is 1. The predicted octanol–water partition coefficient (Wildman–Crippen LogP) is 6.32. The highest BCUT2D eigenvalue weighted by atomic mass is 16.4. The molecule has 0 saturated carbocycles. The zero-order valence-corrected chi connectivity index (χ0v) is 23.9. The van der Waals surface area contributed by atoms with Crippen LogP contribution in [0.25, 0.3) is 0 Å². The predicted molar refractivity (Wildman–Crippen MR) is 155 cm³/mol. The molecule has 5 heteroatoms. The monoisotopic (exact) mass is 518 g/mol. The van der Waals surface area contributed by atoms with Crippen molar-refractivity contribution in [3.8, 4) is 0 Å². The van der Waals surface area contributed by atoms with E-state index >= 15 is 0 Å². The van der Waals surface area contributed by atoms with Crippen molar-refractivity contribution in [2.45, 2.75) is 85.1 Å². The van der Waals surface area contributed by atoms with Crippen molar-refractivity contribution in [3.05, 3.63) is 89.1 Å². The second-order valence-electron chi connectivity index (χ2n) is 10.9. The van der Waals surface area contributed by atoms with Crippen molar-refractivity contribution < 1.29 is 14.1 Å². The van der Waals surface area contributed by atoms with Crippen LogP contribution in [-0.4, -0.2) is 24.0 Å². The molecule has 1 atom stereocenters. The van der Waals surface area contributed by atoms with Gasteiger partial charge in [0, 0.05) is 5.56 Å². The number of oxazole rings is 1. The third kappa shape index (κ3) is 8.83. The topological polar surface area (TPSA) is 73.6 Å². The summed E-state index contributed by atoms with van der Waals surface area (Å²) in [6.45, 7) is 12.4. The minimum absolute atomic E-state index is 0.274. The number of hydrogen-bond donors (Lipinski definition) is 2. The fourth-order valence-corrected chi connectivity index (χ4v) is 5.68. The second-order valence-corrected chi connectivity index (χ2v) is 10.9. The van der Waals surface area contributed by atoms with Crippen LogP contribution in [0.3, 0.4) is 0 Å². The molecule has 206 valence electrons. The SMILES string of the molecule is CCCC(CCC)C(c1ccccc1)c1ncc(C[NH+]2CCC(CC)CC2)o1.Cc1ccc(C(N)=O)cc1. The van der Waals surface area contributed by atoms with Gasteiger partial charge in [0.15, 0.2) is 5.76 Å². The summed E-state index contributed by atoms with van der Waals surface area (Å²) in [5.41, 5.74) is 8.06. The number of rotatable bonds is 11. The molecule has 1 aliphatic heterocycles. The Morgan fingerprint density at radius 3 is 2.18 bits per heavy atom. The van der Waals surface area contributed by atoms with E-state index in [1.54, 1.807) is 17.0 Å². The van der Waals surface area contributed by atoms with Gasteiger partial charge in [0.2, 0.25) is 11.8 Å². The smallest absolute Gasteiger partial charge is 0.248 e. The molecule has 1 unspecified atom stereocenters. The number of aryl methyl sites for hydroxylation is 1. The van der Waals surface area contributed by atoms with Crippen LogP contribution in [0.1, 0.15) is 105 Å². The molecule has 0 aliphatic carbocycles. The lowest BCUT2D eigenvalue weighted by Gasteiger charge is -2.28. The van der Waals surface area contributed by atoms with E-state index in [0.29, 0.717) is 11.5 Å². The Kier molecular flexibility index (Phi) is 12.1. The Bertz CT molecular complexity index is 1060. The minimum atomic E-state index is -0.375. The summed E-state index contributed by atoms with van der Waals surface area (Å²) >= 11 is 0. The zero-order valence-electron chi connectivity index (χ0n) is 23.9. The number of likely N-dealkylation sites (tertiary alicyclic amines) is 1. The van der Waals surface area contributed by atoms with Crippen molar-refractivity contribution in [1.29, 1.82) is 0 Å². The Balaban J connectivity index is 0.000000336. The molecular formula is C33H48N3O2+. The van der Waals surface area contributed by atoms with Gasteiger partial charge >= 0.3 is 0 Å². The zero-order chi connectivity index (χ0) is 27.3. The molecule has 0 bridgehead atoms. The second kappa shape index (κ2) is 15.5. The maximum atomic E-state index is 10.5. The van der Waals surface area contributed by atoms with Gasteiger partial charge in [-0.1, -0.05) is 88.1 Å². The fourth-order valence-electron chi connectivity index (χ4n) is 5.68. The minimum Gasteiger partial charge on any atom is -0.439 e. The first-order chi connectivity index (χ1) is 18.4. The van der Waals surface area contributed by atoms with Crippen molar-refractivity contribution in [2.75, 3.05) is 13.1 Å². The molecule has 1 aliphatic rings. The summed E-state index contributed by atoms with van der Waals surface area (Å²) in [5, 5.41) is 0. The molecule has 2 heterocycles. The van der Waals surface area contributed by atoms with Gasteiger partial charge in [-0.15, -0.1) is 0 Å². The molecule has 2 aromatic carbocycles. The molecule has 1 saturated heterocycles. The first kappa shape index (κ1) is 29.6. The number of aromatic nitrogens is 1. The van der Waals surface area contributed by atoms with Gasteiger partial charge in [0.1, 0.15) is 6.54 Å². The highest BCUT2D eigenvalue weighted by Gasteiger charge is 2.29. The molecule has 1 aromatic heterocycles. The fraction of sp³-hybridized carbons (Fsp3) is 0.515. The third-order valence-corrected chi connectivity index (χ3v) is 7.94. The Labute approximate surface area is 229 Å². The summed E-state index contributed by atoms with van der Waals surface area (Å²) in [7, 11) is 0. The van der Waals surface area contributed by atoms with E-state index in [0.717, 1.165) is 29.7 Å². The number of carbonyl (C=O) groups is 1. The normalized spacial score (nSPS) is 18.0. The molecular weight excluding hydrogens is 470 g/mol. The Morgan fingerprint density at radius 2 is 1.63 bits per heavy atom. The lowest BCUT2D eigenvalue weighted by atomic mass is 9.80. The number of nitrogens with one attached hydrogen (secondary N) is 1. The molecule has 0 spiro atoms. The summed E-state index contributed by atoms with van der Waals surface area (Å²) in [6.07, 6.45) is 10.9. The first-order valence-electron chi connectivity index (χ1n) is 14.6. The maximum Gasteiger partial charge on any atom is 0.248 e. The van der Waals surface area contributed by atoms with E-state index in [1.807, 2.05) is 25.3 Å². The van der Waals surface area contributed by atoms with Gasteiger partial charge in [-0.05, 0) is 62.1 Å². The Morgan fingerprint density at radius 1 is 1.00 bits per heavy atom. The average molecular weight is 519 g/mol. The van der Waals surface area contributed by atoms with Crippen LogP contribution in [0.4, 0.5) is 0 Å². The lowest BCUT2D eigenvalue weighted by Crippen LogP contribution is -3.11. The summed E-state index contributed by atoms with van der Waals surface area (Å²) in [6, 6.07) is 18.0. The van der Waals surface area contributed by atoms with E-state index in [1.165, 1.54) is 63.6 Å². The van der Waals surface area contributed by atoms with Crippen LogP contribution in [0.2, 0.25) is 0 Å². The van der Waals surface area contributed by atoms with E-state index in [2.05, 4.69) is 51.1 Å². The number of quaternary nitrogens is 1. The van der Waals surface area contributed by atoms with Gasteiger partial charge in [0.25, 0.3) is 0 Å². The lowest BCUT2D eigenvalue weighted by molar-refractivity contribution is -0.920. The molecule has 38 heavy (non-hydrogen) atoms. The van der Waals surface area contributed by atoms with Gasteiger partial charge < -0.3 is 15.1 Å². The standard InChI is InChI=1S/C25H38N2O.C8H9NO/c1-4-10-21(11-5-2)24(22-12-8-7-9-13-22)25-26-18-23(28-25)19-27-16-14-20(6-3)15-17-27;1-6-2-4-7(5-3-6)8(9)10/h7-9,12-13,18,20-21,24H,4-6,10-11,14-17,19H2,1-3H3;2-5H,1H3,(H2,9,10)/p+1. The van der Waals surface area contributed by atoms with Crippen molar-refractivity contribution >= 4 is 5.91 Å². The van der Waals surface area contributed by atoms with E-state index in [-0.39, 0.29) is 11.8 Å². The van der Waals surface area contributed by atoms with Crippen molar-refractivity contribution in [2.24, 2.45) is 17.6 Å². The highest BCUT2D eigenvalue weighted by Crippen LogP contribution is 2.37. The molecule has 5 nitrogen and oxygen atoms in total. The highest BCUT2D eigenvalue weighted by molar-refractivity contribution is 5.92. The van der Waals surface area contributed by atoms with Crippen LogP contribution in [-0.2, 0) is 6.54 Å². The molecule has 4 rings (SSSR count). The molecule has 3 N–H and O–H groups in total. The Hall–Kier alpha value is -2.92. The number of primary amides is 1. The van der Waals surface area contributed by atoms with Gasteiger partial charge in [0.05, 0.1) is 25.2 Å². The van der Waals surface area contributed by atoms with E-state index < -0.39 is 0 Å². The largest absolute Gasteiger partial charge is 0.439 e. The maximum absolute atomic E-state index is 10.5. The van der Waals surface area contributed by atoms with E-state index in [4.69, 9.17) is 15.1 Å². The average Bonchev–Trinajstić information content (AvgIpc) is 3.38. The number of nitrogens with zero attached hydrogens (tertiary/aromatic N) is 1. The van der Waals surface area contributed by atoms with E-state index in [9.17, 15) is 4.79 Å². The van der Waals surface area contributed by atoms with Crippen LogP contribution >= 0.6 is 0 Å². The summed E-state index contributed by atoms with van der Waals surface area (Å²) in [5.74, 6) is 3.41. The molecule has 1 fully saturated rings. The van der Waals surface area contributed by atoms with Crippen molar-refractivity contribution in [3.63, 3.8) is 0 Å². The van der Waals surface area contributed by atoms with Crippen LogP contribution in [0.15, 0.2) is 65.2 Å². The quantitative estimate of drug-likeness (QED) is 0.312. The van der Waals surface area contributed by atoms with Crippen LogP contribution in [0.5, 0.6) is 0 Å². The van der Waals surface area contributed by atoms with Gasteiger partial charge in [-0.3, -0.25) is 4.79 Å².